The van der Waals surface area contributed by atoms with Crippen LogP contribution in [-0.4, -0.2) is 31.5 Å². The monoisotopic (exact) mass is 437 g/mol. The maximum Gasteiger partial charge on any atom is 0.280 e. The van der Waals surface area contributed by atoms with Crippen molar-refractivity contribution in [2.24, 2.45) is 5.92 Å². The Kier molecular flexibility index (Phi) is 5.24. The molecule has 0 saturated heterocycles. The van der Waals surface area contributed by atoms with Gasteiger partial charge in [0, 0.05) is 24.4 Å². The first-order chi connectivity index (χ1) is 15.1. The number of benzene rings is 1. The molecule has 1 fully saturated rings. The van der Waals surface area contributed by atoms with Crippen LogP contribution < -0.4 is 5.56 Å². The first-order valence-electron chi connectivity index (χ1n) is 10.6. The maximum atomic E-state index is 13.3. The molecule has 31 heavy (non-hydrogen) atoms. The number of hydrogen-bond acceptors (Lipinski definition) is 5. The van der Waals surface area contributed by atoms with Crippen LogP contribution in [0, 0.1) is 5.92 Å². The zero-order valence-corrected chi connectivity index (χ0v) is 18.3. The Labute approximate surface area is 184 Å². The van der Waals surface area contributed by atoms with Crippen molar-refractivity contribution in [2.75, 3.05) is 7.11 Å². The molecule has 0 spiro atoms. The first kappa shape index (κ1) is 20.2. The lowest BCUT2D eigenvalue weighted by Gasteiger charge is -2.30. The number of aromatic nitrogens is 5. The Hall–Kier alpha value is -2.77. The number of ether oxygens (including phenoxy) is 1. The van der Waals surface area contributed by atoms with Gasteiger partial charge in [0.05, 0.1) is 17.9 Å². The minimum absolute atomic E-state index is 0.109. The van der Waals surface area contributed by atoms with Crippen LogP contribution in [0.1, 0.15) is 44.3 Å². The van der Waals surface area contributed by atoms with Gasteiger partial charge in [-0.1, -0.05) is 43.5 Å². The summed E-state index contributed by atoms with van der Waals surface area (Å²) in [5.41, 5.74) is 3.95. The van der Waals surface area contributed by atoms with Crippen LogP contribution in [0.25, 0.3) is 27.8 Å². The molecule has 160 valence electrons. The summed E-state index contributed by atoms with van der Waals surface area (Å²) in [6.45, 7) is 2.54. The van der Waals surface area contributed by atoms with Gasteiger partial charge in [0.25, 0.3) is 5.56 Å². The molecule has 3 aromatic heterocycles. The Morgan fingerprint density at radius 3 is 2.65 bits per heavy atom. The van der Waals surface area contributed by atoms with Gasteiger partial charge in [-0.2, -0.15) is 5.10 Å². The molecular weight excluding hydrogens is 414 g/mol. The van der Waals surface area contributed by atoms with Gasteiger partial charge in [-0.15, -0.1) is 10.2 Å². The van der Waals surface area contributed by atoms with Crippen LogP contribution in [0.5, 0.6) is 0 Å². The number of nitrogens with zero attached hydrogens (tertiary/aromatic N) is 5. The summed E-state index contributed by atoms with van der Waals surface area (Å²) >= 11 is 6.07. The third-order valence-electron chi connectivity index (χ3n) is 6.32. The molecule has 0 unspecified atom stereocenters. The Morgan fingerprint density at radius 2 is 1.90 bits per heavy atom. The van der Waals surface area contributed by atoms with E-state index in [2.05, 4.69) is 17.1 Å². The van der Waals surface area contributed by atoms with Gasteiger partial charge in [0.1, 0.15) is 5.52 Å². The zero-order valence-electron chi connectivity index (χ0n) is 17.6. The molecule has 1 saturated carbocycles. The molecule has 1 aliphatic rings. The molecular formula is C23H24ClN5O2. The largest absolute Gasteiger partial charge is 0.378 e. The number of hydrogen-bond donors (Lipinski definition) is 0. The summed E-state index contributed by atoms with van der Waals surface area (Å²) < 4.78 is 8.92. The van der Waals surface area contributed by atoms with Crippen LogP contribution in [0.2, 0.25) is 5.02 Å². The van der Waals surface area contributed by atoms with Crippen molar-refractivity contribution in [3.05, 3.63) is 57.6 Å². The van der Waals surface area contributed by atoms with Crippen molar-refractivity contribution in [3.63, 3.8) is 0 Å². The topological polar surface area (TPSA) is 74.3 Å². The predicted molar refractivity (Wildman–Crippen MR) is 120 cm³/mol. The van der Waals surface area contributed by atoms with Gasteiger partial charge in [-0.3, -0.25) is 4.79 Å². The minimum atomic E-state index is -0.109. The van der Waals surface area contributed by atoms with E-state index in [1.54, 1.807) is 11.6 Å². The molecule has 1 aliphatic carbocycles. The average molecular weight is 438 g/mol. The predicted octanol–water partition coefficient (Wildman–Crippen LogP) is 4.66. The van der Waals surface area contributed by atoms with E-state index < -0.39 is 0 Å². The van der Waals surface area contributed by atoms with E-state index in [9.17, 15) is 4.79 Å². The van der Waals surface area contributed by atoms with Crippen molar-refractivity contribution < 1.29 is 4.74 Å². The lowest BCUT2D eigenvalue weighted by Crippen LogP contribution is -2.31. The molecule has 4 aromatic rings. The van der Waals surface area contributed by atoms with Crippen molar-refractivity contribution in [2.45, 2.75) is 45.3 Å². The highest BCUT2D eigenvalue weighted by Crippen LogP contribution is 2.33. The third-order valence-corrected chi connectivity index (χ3v) is 6.57. The Bertz CT molecular complexity index is 1310. The molecule has 2 atom stereocenters. The van der Waals surface area contributed by atoms with Crippen LogP contribution in [0.15, 0.2) is 41.3 Å². The van der Waals surface area contributed by atoms with Gasteiger partial charge in [-0.05, 0) is 42.5 Å². The van der Waals surface area contributed by atoms with Gasteiger partial charge in [0.15, 0.2) is 11.2 Å². The van der Waals surface area contributed by atoms with Gasteiger partial charge in [0.2, 0.25) is 0 Å². The van der Waals surface area contributed by atoms with Gasteiger partial charge in [-0.25, -0.2) is 4.52 Å². The van der Waals surface area contributed by atoms with Crippen LogP contribution in [0.3, 0.4) is 0 Å². The van der Waals surface area contributed by atoms with E-state index >= 15 is 0 Å². The molecule has 5 rings (SSSR count). The number of halogens is 1. The summed E-state index contributed by atoms with van der Waals surface area (Å²) in [5, 5.41) is 14.2. The standard InChI is InChI=1S/C23H24ClN5O2/c1-14-5-3-4-6-18(14)28-12-11-19-21(23(28)30)25-26-22-20(15-7-9-16(24)10-8-15)17(13-31-2)27-29(19)22/h7-12,14,18H,3-6,13H2,1-2H3/t14-,18+/m1/s1. The van der Waals surface area contributed by atoms with Crippen LogP contribution in [-0.2, 0) is 11.3 Å². The van der Waals surface area contributed by atoms with E-state index in [-0.39, 0.29) is 11.6 Å². The fourth-order valence-electron chi connectivity index (χ4n) is 4.73. The second-order valence-electron chi connectivity index (χ2n) is 8.29. The Morgan fingerprint density at radius 1 is 1.13 bits per heavy atom. The fraction of sp³-hybridized carbons (Fsp3) is 0.391. The molecule has 0 radical (unpaired) electrons. The highest BCUT2D eigenvalue weighted by molar-refractivity contribution is 6.30. The molecule has 0 bridgehead atoms. The highest BCUT2D eigenvalue weighted by atomic mass is 35.5. The summed E-state index contributed by atoms with van der Waals surface area (Å²) in [4.78, 5) is 13.3. The molecule has 3 heterocycles. The second-order valence-corrected chi connectivity index (χ2v) is 8.72. The second kappa shape index (κ2) is 8.05. The van der Waals surface area contributed by atoms with Crippen LogP contribution in [0.4, 0.5) is 0 Å². The molecule has 0 aliphatic heterocycles. The number of fused-ring (bicyclic) bond motifs is 3. The van der Waals surface area contributed by atoms with E-state index in [4.69, 9.17) is 21.4 Å². The molecule has 7 nitrogen and oxygen atoms in total. The number of pyridine rings is 1. The molecule has 1 aromatic carbocycles. The zero-order chi connectivity index (χ0) is 21.5. The molecule has 0 N–H and O–H groups in total. The van der Waals surface area contributed by atoms with Gasteiger partial charge >= 0.3 is 0 Å². The summed E-state index contributed by atoms with van der Waals surface area (Å²) in [6.07, 6.45) is 6.42. The van der Waals surface area contributed by atoms with Crippen LogP contribution >= 0.6 is 11.6 Å². The normalized spacial score (nSPS) is 19.3. The lowest BCUT2D eigenvalue weighted by atomic mass is 9.85. The van der Waals surface area contributed by atoms with Crippen molar-refractivity contribution in [1.82, 2.24) is 24.4 Å². The maximum absolute atomic E-state index is 13.3. The lowest BCUT2D eigenvalue weighted by molar-refractivity contribution is 0.181. The molecule has 0 amide bonds. The fourth-order valence-corrected chi connectivity index (χ4v) is 4.85. The highest BCUT2D eigenvalue weighted by Gasteiger charge is 2.25. The summed E-state index contributed by atoms with van der Waals surface area (Å²) in [5.74, 6) is 0.468. The summed E-state index contributed by atoms with van der Waals surface area (Å²) in [7, 11) is 1.63. The number of methoxy groups -OCH3 is 1. The quantitative estimate of drug-likeness (QED) is 0.464. The smallest absolute Gasteiger partial charge is 0.280 e. The van der Waals surface area contributed by atoms with E-state index in [1.165, 1.54) is 6.42 Å². The van der Waals surface area contributed by atoms with Gasteiger partial charge < -0.3 is 9.30 Å². The first-order valence-corrected chi connectivity index (χ1v) is 11.0. The van der Waals surface area contributed by atoms with Crippen molar-refractivity contribution in [3.8, 4) is 11.1 Å². The Balaban J connectivity index is 1.71. The van der Waals surface area contributed by atoms with E-state index in [1.807, 2.05) is 41.1 Å². The van der Waals surface area contributed by atoms with Crippen molar-refractivity contribution >= 4 is 28.3 Å². The molecule has 8 heteroatoms. The third kappa shape index (κ3) is 3.42. The number of rotatable bonds is 4. The average Bonchev–Trinajstić information content (AvgIpc) is 3.14. The van der Waals surface area contributed by atoms with Crippen molar-refractivity contribution in [1.29, 1.82) is 0 Å². The minimum Gasteiger partial charge on any atom is -0.378 e. The van der Waals surface area contributed by atoms with E-state index in [0.717, 1.165) is 36.1 Å². The summed E-state index contributed by atoms with van der Waals surface area (Å²) in [6, 6.07) is 9.63. The SMILES string of the molecule is COCc1nn2c(nnc3c(=O)n([C@H]4CCCC[C@H]4C)ccc32)c1-c1ccc(Cl)cc1. The van der Waals surface area contributed by atoms with E-state index in [0.29, 0.717) is 34.2 Å².